The number of rotatable bonds is 6. The number of benzene rings is 1. The molecule has 28 heavy (non-hydrogen) atoms. The third kappa shape index (κ3) is 4.04. The Morgan fingerprint density at radius 3 is 2.39 bits per heavy atom. The van der Waals surface area contributed by atoms with Gasteiger partial charge in [0.05, 0.1) is 0 Å². The minimum Gasteiger partial charge on any atom is -0.332 e. The fourth-order valence-electron chi connectivity index (χ4n) is 5.30. The van der Waals surface area contributed by atoms with E-state index in [0.29, 0.717) is 17.5 Å². The largest absolute Gasteiger partial charge is 0.332 e. The molecule has 2 heterocycles. The second-order valence-electron chi connectivity index (χ2n) is 9.08. The van der Waals surface area contributed by atoms with Crippen LogP contribution in [0, 0.1) is 5.92 Å². The first-order chi connectivity index (χ1) is 13.6. The Kier molecular flexibility index (Phi) is 5.88. The van der Waals surface area contributed by atoms with Crippen molar-refractivity contribution in [1.29, 1.82) is 0 Å². The number of allylic oxidation sites excluding steroid dienone is 1. The molecule has 4 heteroatoms. The van der Waals surface area contributed by atoms with Gasteiger partial charge < -0.3 is 10.2 Å². The van der Waals surface area contributed by atoms with Crippen LogP contribution in [-0.4, -0.2) is 53.5 Å². The first-order valence-corrected chi connectivity index (χ1v) is 11.1. The third-order valence-corrected chi connectivity index (χ3v) is 7.22. The molecule has 2 aliphatic heterocycles. The molecule has 3 aliphatic rings. The maximum absolute atomic E-state index is 13.0. The normalized spacial score (nSPS) is 22.8. The van der Waals surface area contributed by atoms with E-state index >= 15 is 0 Å². The van der Waals surface area contributed by atoms with Gasteiger partial charge in [0.15, 0.2) is 0 Å². The lowest BCUT2D eigenvalue weighted by atomic mass is 9.76. The Hall–Kier alpha value is -1.65. The highest BCUT2D eigenvalue weighted by Gasteiger charge is 2.43. The van der Waals surface area contributed by atoms with Gasteiger partial charge in [0.25, 0.3) is 0 Å². The highest BCUT2D eigenvalue weighted by Crippen LogP contribution is 2.37. The van der Waals surface area contributed by atoms with Crippen molar-refractivity contribution < 1.29 is 4.79 Å². The summed E-state index contributed by atoms with van der Waals surface area (Å²) in [6, 6.07) is 10.8. The van der Waals surface area contributed by atoms with Gasteiger partial charge in [-0.1, -0.05) is 50.3 Å². The van der Waals surface area contributed by atoms with Crippen LogP contribution in [0.1, 0.15) is 51.5 Å². The molecule has 4 nitrogen and oxygen atoms in total. The van der Waals surface area contributed by atoms with Gasteiger partial charge in [-0.2, -0.15) is 0 Å². The zero-order valence-corrected chi connectivity index (χ0v) is 17.5. The van der Waals surface area contributed by atoms with Gasteiger partial charge >= 0.3 is 0 Å². The molecule has 1 N–H and O–H groups in total. The standard InChI is InChI=1S/C24H35N3O/c1-19(2)24(12-14-25-15-13-24)26-16-10-22(11-17-26)27(23(28)21-8-9-21)18-20-6-4-3-5-7-20/h3-8,19,22,25H,9-18H2,1-2H3. The van der Waals surface area contributed by atoms with Crippen LogP contribution in [0.2, 0.25) is 0 Å². The number of hydrogen-bond acceptors (Lipinski definition) is 3. The second kappa shape index (κ2) is 8.38. The van der Waals surface area contributed by atoms with Crippen LogP contribution in [0.4, 0.5) is 0 Å². The van der Waals surface area contributed by atoms with Crippen molar-refractivity contribution in [2.45, 2.75) is 64.1 Å². The highest BCUT2D eigenvalue weighted by atomic mass is 16.2. The summed E-state index contributed by atoms with van der Waals surface area (Å²) in [4.78, 5) is 17.9. The molecule has 0 bridgehead atoms. The first kappa shape index (κ1) is 19.7. The lowest BCUT2D eigenvalue weighted by Gasteiger charge is -2.52. The lowest BCUT2D eigenvalue weighted by Crippen LogP contribution is -2.61. The van der Waals surface area contributed by atoms with Crippen LogP contribution in [0.3, 0.4) is 0 Å². The van der Waals surface area contributed by atoms with Crippen molar-refractivity contribution in [3.63, 3.8) is 0 Å². The Labute approximate surface area is 170 Å². The second-order valence-corrected chi connectivity index (χ2v) is 9.08. The van der Waals surface area contributed by atoms with E-state index in [-0.39, 0.29) is 5.91 Å². The SMILES string of the molecule is CC(C)C1(N2CCC(N(Cc3ccccc3)C(=O)C3=CC3)CC2)CCNCC1. The van der Waals surface area contributed by atoms with Crippen LogP contribution in [0.5, 0.6) is 0 Å². The van der Waals surface area contributed by atoms with E-state index in [9.17, 15) is 4.79 Å². The molecule has 0 radical (unpaired) electrons. The van der Waals surface area contributed by atoms with Crippen LogP contribution >= 0.6 is 0 Å². The molecule has 0 atom stereocenters. The number of likely N-dealkylation sites (tertiary alicyclic amines) is 1. The van der Waals surface area contributed by atoms with Crippen molar-refractivity contribution in [2.75, 3.05) is 26.2 Å². The number of amides is 1. The molecular formula is C24H35N3O. The summed E-state index contributed by atoms with van der Waals surface area (Å²) in [7, 11) is 0. The van der Waals surface area contributed by atoms with Crippen molar-refractivity contribution in [3.8, 4) is 0 Å². The summed E-state index contributed by atoms with van der Waals surface area (Å²) in [5.74, 6) is 0.938. The van der Waals surface area contributed by atoms with E-state index in [0.717, 1.165) is 57.6 Å². The summed E-state index contributed by atoms with van der Waals surface area (Å²) in [5.41, 5.74) is 2.58. The fraction of sp³-hybridized carbons (Fsp3) is 0.625. The molecule has 4 rings (SSSR count). The molecule has 0 saturated carbocycles. The molecule has 152 valence electrons. The predicted octanol–water partition coefficient (Wildman–Crippen LogP) is 3.59. The summed E-state index contributed by atoms with van der Waals surface area (Å²) in [5, 5.41) is 3.54. The molecule has 2 saturated heterocycles. The highest BCUT2D eigenvalue weighted by molar-refractivity contribution is 5.97. The zero-order valence-electron chi connectivity index (χ0n) is 17.5. The van der Waals surface area contributed by atoms with E-state index in [2.05, 4.69) is 59.3 Å². The summed E-state index contributed by atoms with van der Waals surface area (Å²) in [6.07, 6.45) is 7.62. The maximum Gasteiger partial charge on any atom is 0.250 e. The number of nitrogens with one attached hydrogen (secondary N) is 1. The molecular weight excluding hydrogens is 346 g/mol. The van der Waals surface area contributed by atoms with E-state index in [1.54, 1.807) is 0 Å². The minimum atomic E-state index is 0.266. The van der Waals surface area contributed by atoms with Crippen LogP contribution in [-0.2, 0) is 11.3 Å². The molecule has 0 aromatic heterocycles. The van der Waals surface area contributed by atoms with Gasteiger partial charge in [-0.05, 0) is 56.7 Å². The Balaban J connectivity index is 1.45. The quantitative estimate of drug-likeness (QED) is 0.818. The van der Waals surface area contributed by atoms with Crippen LogP contribution in [0.25, 0.3) is 0 Å². The molecule has 0 unspecified atom stereocenters. The number of hydrogen-bond donors (Lipinski definition) is 1. The van der Waals surface area contributed by atoms with E-state index in [1.807, 2.05) is 6.07 Å². The van der Waals surface area contributed by atoms with Crippen LogP contribution in [0.15, 0.2) is 42.0 Å². The first-order valence-electron chi connectivity index (χ1n) is 11.1. The summed E-state index contributed by atoms with van der Waals surface area (Å²) in [6.45, 7) is 10.0. The average Bonchev–Trinajstić information content (AvgIpc) is 3.58. The molecule has 1 aliphatic carbocycles. The Morgan fingerprint density at radius 2 is 1.82 bits per heavy atom. The molecule has 2 fully saturated rings. The van der Waals surface area contributed by atoms with E-state index in [4.69, 9.17) is 0 Å². The number of carbonyl (C=O) groups is 1. The van der Waals surface area contributed by atoms with Crippen LogP contribution < -0.4 is 5.32 Å². The topological polar surface area (TPSA) is 35.6 Å². The maximum atomic E-state index is 13.0. The van der Waals surface area contributed by atoms with Crippen molar-refractivity contribution in [1.82, 2.24) is 15.1 Å². The fourth-order valence-corrected chi connectivity index (χ4v) is 5.30. The number of piperidine rings is 2. The summed E-state index contributed by atoms with van der Waals surface area (Å²) < 4.78 is 0. The van der Waals surface area contributed by atoms with Crippen molar-refractivity contribution >= 4 is 5.91 Å². The Bertz CT molecular complexity index is 698. The van der Waals surface area contributed by atoms with Gasteiger partial charge in [-0.25, -0.2) is 0 Å². The Morgan fingerprint density at radius 1 is 1.18 bits per heavy atom. The van der Waals surface area contributed by atoms with Gasteiger partial charge in [0, 0.05) is 36.8 Å². The third-order valence-electron chi connectivity index (χ3n) is 7.22. The van der Waals surface area contributed by atoms with Crippen molar-refractivity contribution in [3.05, 3.63) is 47.5 Å². The molecule has 1 aromatic carbocycles. The van der Waals surface area contributed by atoms with Gasteiger partial charge in [-0.15, -0.1) is 0 Å². The zero-order chi connectivity index (χ0) is 19.6. The molecule has 1 aromatic rings. The van der Waals surface area contributed by atoms with Gasteiger partial charge in [0.1, 0.15) is 0 Å². The van der Waals surface area contributed by atoms with E-state index in [1.165, 1.54) is 18.4 Å². The monoisotopic (exact) mass is 381 g/mol. The lowest BCUT2D eigenvalue weighted by molar-refractivity contribution is -0.131. The van der Waals surface area contributed by atoms with Crippen molar-refractivity contribution in [2.24, 2.45) is 5.92 Å². The van der Waals surface area contributed by atoms with Gasteiger partial charge in [-0.3, -0.25) is 9.69 Å². The smallest absolute Gasteiger partial charge is 0.250 e. The van der Waals surface area contributed by atoms with Gasteiger partial charge in [0.2, 0.25) is 5.91 Å². The summed E-state index contributed by atoms with van der Waals surface area (Å²) >= 11 is 0. The minimum absolute atomic E-state index is 0.266. The number of carbonyl (C=O) groups excluding carboxylic acids is 1. The number of nitrogens with zero attached hydrogens (tertiary/aromatic N) is 2. The predicted molar refractivity (Wildman–Crippen MR) is 114 cm³/mol. The van der Waals surface area contributed by atoms with E-state index < -0.39 is 0 Å². The molecule has 0 spiro atoms. The molecule has 1 amide bonds. The average molecular weight is 382 g/mol.